The Morgan fingerprint density at radius 1 is 1.03 bits per heavy atom. The highest BCUT2D eigenvalue weighted by Crippen LogP contribution is 2.38. The highest BCUT2D eigenvalue weighted by atomic mass is 15.1. The van der Waals surface area contributed by atoms with Crippen LogP contribution in [0, 0.1) is 0 Å². The SMILES string of the molecule is C=C(/C=C\CC)C1=C(N(CC)C(=C)/C=C\C=C/C)C/C=C\N(c2c3c(cc4ccccc24)CCC=C3)CC=C1. The van der Waals surface area contributed by atoms with Gasteiger partial charge in [0.2, 0.25) is 0 Å². The van der Waals surface area contributed by atoms with Gasteiger partial charge >= 0.3 is 0 Å². The van der Waals surface area contributed by atoms with Crippen molar-refractivity contribution in [3.8, 4) is 0 Å². The van der Waals surface area contributed by atoms with Crippen LogP contribution in [0.25, 0.3) is 16.8 Å². The van der Waals surface area contributed by atoms with Crippen LogP contribution in [0.1, 0.15) is 51.2 Å². The van der Waals surface area contributed by atoms with E-state index >= 15 is 0 Å². The number of hydrogen-bond acceptors (Lipinski definition) is 2. The summed E-state index contributed by atoms with van der Waals surface area (Å²) >= 11 is 0. The molecule has 0 amide bonds. The van der Waals surface area contributed by atoms with Gasteiger partial charge in [-0.1, -0.05) is 111 Å². The molecule has 0 fully saturated rings. The molecule has 0 spiro atoms. The van der Waals surface area contributed by atoms with Gasteiger partial charge in [0.15, 0.2) is 0 Å². The molecule has 2 nitrogen and oxygen atoms in total. The minimum atomic E-state index is 0.778. The van der Waals surface area contributed by atoms with Gasteiger partial charge in [-0.25, -0.2) is 0 Å². The second-order valence-electron chi connectivity index (χ2n) is 9.92. The lowest BCUT2D eigenvalue weighted by Gasteiger charge is -2.28. The Morgan fingerprint density at radius 3 is 2.67 bits per heavy atom. The normalized spacial score (nSPS) is 16.6. The van der Waals surface area contributed by atoms with E-state index < -0.39 is 0 Å². The number of fused-ring (bicyclic) bond motifs is 2. The summed E-state index contributed by atoms with van der Waals surface area (Å²) < 4.78 is 0. The zero-order valence-electron chi connectivity index (χ0n) is 23.9. The number of anilines is 1. The van der Waals surface area contributed by atoms with Crippen LogP contribution < -0.4 is 4.90 Å². The average molecular weight is 515 g/mol. The van der Waals surface area contributed by atoms with Crippen LogP contribution in [0.4, 0.5) is 5.69 Å². The summed E-state index contributed by atoms with van der Waals surface area (Å²) in [5, 5.41) is 2.60. The number of hydrogen-bond donors (Lipinski definition) is 0. The van der Waals surface area contributed by atoms with Gasteiger partial charge in [-0.3, -0.25) is 0 Å². The summed E-state index contributed by atoms with van der Waals surface area (Å²) in [6, 6.07) is 11.2. The highest BCUT2D eigenvalue weighted by molar-refractivity contribution is 6.00. The fraction of sp³-hybridized carbons (Fsp3) is 0.243. The quantitative estimate of drug-likeness (QED) is 0.307. The third-order valence-electron chi connectivity index (χ3n) is 7.27. The molecule has 0 bridgehead atoms. The molecule has 0 aromatic heterocycles. The van der Waals surface area contributed by atoms with Gasteiger partial charge in [0, 0.05) is 53.6 Å². The molecule has 39 heavy (non-hydrogen) atoms. The van der Waals surface area contributed by atoms with E-state index in [9.17, 15) is 0 Å². The van der Waals surface area contributed by atoms with Crippen LogP contribution in [-0.2, 0) is 6.42 Å². The van der Waals surface area contributed by atoms with Crippen LogP contribution in [-0.4, -0.2) is 18.0 Å². The summed E-state index contributed by atoms with van der Waals surface area (Å²) in [4.78, 5) is 4.72. The summed E-state index contributed by atoms with van der Waals surface area (Å²) in [7, 11) is 0. The zero-order valence-corrected chi connectivity index (χ0v) is 23.9. The number of allylic oxidation sites excluding steroid dienone is 11. The van der Waals surface area contributed by atoms with E-state index in [0.29, 0.717) is 0 Å². The summed E-state index contributed by atoms with van der Waals surface area (Å²) in [6.45, 7) is 16.9. The van der Waals surface area contributed by atoms with Gasteiger partial charge in [-0.05, 0) is 55.7 Å². The van der Waals surface area contributed by atoms with Crippen molar-refractivity contribution < 1.29 is 0 Å². The van der Waals surface area contributed by atoms with Crippen LogP contribution >= 0.6 is 0 Å². The first-order valence-corrected chi connectivity index (χ1v) is 14.2. The van der Waals surface area contributed by atoms with E-state index in [1.54, 1.807) is 0 Å². The van der Waals surface area contributed by atoms with E-state index in [1.807, 2.05) is 19.1 Å². The van der Waals surface area contributed by atoms with Crippen molar-refractivity contribution >= 4 is 22.5 Å². The topological polar surface area (TPSA) is 6.48 Å². The van der Waals surface area contributed by atoms with Gasteiger partial charge in [0.05, 0.1) is 5.69 Å². The maximum Gasteiger partial charge on any atom is 0.0564 e. The number of aryl methyl sites for hydroxylation is 1. The van der Waals surface area contributed by atoms with Gasteiger partial charge in [0.1, 0.15) is 0 Å². The zero-order chi connectivity index (χ0) is 27.6. The lowest BCUT2D eigenvalue weighted by Crippen LogP contribution is -2.22. The molecule has 1 heterocycles. The Bertz CT molecular complexity index is 1420. The molecule has 0 saturated heterocycles. The Labute approximate surface area is 235 Å². The van der Waals surface area contributed by atoms with E-state index in [0.717, 1.165) is 55.6 Å². The molecular formula is C37H42N2. The second kappa shape index (κ2) is 13.7. The van der Waals surface area contributed by atoms with Gasteiger partial charge in [-0.15, -0.1) is 0 Å². The van der Waals surface area contributed by atoms with Gasteiger partial charge in [-0.2, -0.15) is 0 Å². The molecule has 1 aliphatic carbocycles. The molecule has 4 rings (SSSR count). The second-order valence-corrected chi connectivity index (χ2v) is 9.92. The first kappa shape index (κ1) is 28.0. The molecule has 0 N–H and O–H groups in total. The molecule has 2 aromatic carbocycles. The van der Waals surface area contributed by atoms with Crippen molar-refractivity contribution in [2.24, 2.45) is 0 Å². The number of benzene rings is 2. The minimum absolute atomic E-state index is 0.778. The Morgan fingerprint density at radius 2 is 1.87 bits per heavy atom. The summed E-state index contributed by atoms with van der Waals surface area (Å²) in [6.07, 6.45) is 30.2. The van der Waals surface area contributed by atoms with Crippen molar-refractivity contribution in [1.29, 1.82) is 0 Å². The standard InChI is InChI=1S/C37H42N2/c1-6-9-11-19-30(5)39(8-3)36-25-17-27-38(26-16-24-33(36)29(4)18-10-7-2)37-34-22-14-12-20-31(34)28-32-21-13-15-23-35(32)37/h6,9-12,14-20,22-24,27-28H,4-5,7-8,13,21,25-26H2,1-3H3/b9-6-,18-10-,19-11-,24-16?,27-17-,36-33?. The monoisotopic (exact) mass is 514 g/mol. The maximum atomic E-state index is 4.47. The Kier molecular flexibility index (Phi) is 9.80. The van der Waals surface area contributed by atoms with Crippen LogP contribution in [0.2, 0.25) is 0 Å². The fourth-order valence-electron chi connectivity index (χ4n) is 5.38. The third kappa shape index (κ3) is 6.52. The summed E-state index contributed by atoms with van der Waals surface area (Å²) in [5.74, 6) is 0. The molecular weight excluding hydrogens is 472 g/mol. The van der Waals surface area contributed by atoms with E-state index in [1.165, 1.54) is 33.3 Å². The average Bonchev–Trinajstić information content (AvgIpc) is 3.06. The van der Waals surface area contributed by atoms with Crippen molar-refractivity contribution in [3.05, 3.63) is 144 Å². The maximum absolute atomic E-state index is 4.47. The van der Waals surface area contributed by atoms with E-state index in [2.05, 4.69) is 128 Å². The predicted molar refractivity (Wildman–Crippen MR) is 173 cm³/mol. The van der Waals surface area contributed by atoms with Gasteiger partial charge < -0.3 is 9.80 Å². The molecule has 2 heteroatoms. The molecule has 2 aliphatic rings. The van der Waals surface area contributed by atoms with E-state index in [-0.39, 0.29) is 0 Å². The number of nitrogens with zero attached hydrogens (tertiary/aromatic N) is 2. The molecule has 200 valence electrons. The number of likely N-dealkylation sites (N-methyl/N-ethyl adjacent to an activating group) is 1. The van der Waals surface area contributed by atoms with Crippen molar-refractivity contribution in [2.75, 3.05) is 18.0 Å². The van der Waals surface area contributed by atoms with Gasteiger partial charge in [0.25, 0.3) is 0 Å². The molecule has 1 aliphatic heterocycles. The largest absolute Gasteiger partial charge is 0.345 e. The first-order chi connectivity index (χ1) is 19.1. The Balaban J connectivity index is 1.79. The first-order valence-electron chi connectivity index (χ1n) is 14.2. The van der Waals surface area contributed by atoms with Crippen LogP contribution in [0.3, 0.4) is 0 Å². The van der Waals surface area contributed by atoms with Crippen molar-refractivity contribution in [1.82, 2.24) is 4.90 Å². The third-order valence-corrected chi connectivity index (χ3v) is 7.27. The predicted octanol–water partition coefficient (Wildman–Crippen LogP) is 9.82. The minimum Gasteiger partial charge on any atom is -0.345 e. The number of rotatable bonds is 9. The summed E-state index contributed by atoms with van der Waals surface area (Å²) in [5.41, 5.74) is 8.45. The fourth-order valence-corrected chi connectivity index (χ4v) is 5.38. The molecule has 2 aromatic rings. The lowest BCUT2D eigenvalue weighted by molar-refractivity contribution is 0.453. The molecule has 0 unspecified atom stereocenters. The van der Waals surface area contributed by atoms with Crippen LogP contribution in [0.5, 0.6) is 0 Å². The lowest BCUT2D eigenvalue weighted by atomic mass is 9.91. The van der Waals surface area contributed by atoms with E-state index in [4.69, 9.17) is 0 Å². The molecule has 0 atom stereocenters. The van der Waals surface area contributed by atoms with Crippen molar-refractivity contribution in [2.45, 2.75) is 46.5 Å². The molecule has 0 saturated carbocycles. The highest BCUT2D eigenvalue weighted by Gasteiger charge is 2.19. The van der Waals surface area contributed by atoms with Crippen molar-refractivity contribution in [3.63, 3.8) is 0 Å². The van der Waals surface area contributed by atoms with Crippen LogP contribution in [0.15, 0.2) is 133 Å². The smallest absolute Gasteiger partial charge is 0.0564 e. The Hall–Kier alpha value is -4.04. The molecule has 0 radical (unpaired) electrons.